The van der Waals surface area contributed by atoms with Crippen LogP contribution in [0.25, 0.3) is 5.57 Å². The highest BCUT2D eigenvalue weighted by molar-refractivity contribution is 5.89. The second-order valence-electron chi connectivity index (χ2n) is 2.97. The van der Waals surface area contributed by atoms with Crippen molar-refractivity contribution in [2.24, 2.45) is 0 Å². The molecule has 1 rings (SSSR count). The van der Waals surface area contributed by atoms with Crippen LogP contribution in [0.4, 0.5) is 5.69 Å². The van der Waals surface area contributed by atoms with E-state index in [1.54, 1.807) is 13.0 Å². The first-order valence-corrected chi connectivity index (χ1v) is 4.17. The van der Waals surface area contributed by atoms with Crippen molar-refractivity contribution < 1.29 is 14.8 Å². The number of carboxylic acids is 1. The van der Waals surface area contributed by atoms with Crippen molar-refractivity contribution in [3.05, 3.63) is 46.0 Å². The summed E-state index contributed by atoms with van der Waals surface area (Å²) in [4.78, 5) is 20.3. The smallest absolute Gasteiger partial charge is 0.328 e. The van der Waals surface area contributed by atoms with E-state index < -0.39 is 10.9 Å². The summed E-state index contributed by atoms with van der Waals surface area (Å²) in [6.07, 6.45) is 1.01. The van der Waals surface area contributed by atoms with E-state index in [9.17, 15) is 14.9 Å². The Morgan fingerprint density at radius 1 is 1.53 bits per heavy atom. The van der Waals surface area contributed by atoms with Gasteiger partial charge in [-0.15, -0.1) is 0 Å². The minimum atomic E-state index is -1.07. The van der Waals surface area contributed by atoms with Gasteiger partial charge in [-0.1, -0.05) is 12.1 Å². The first kappa shape index (κ1) is 10.9. The molecule has 0 aliphatic heterocycles. The van der Waals surface area contributed by atoms with E-state index in [1.165, 1.54) is 18.2 Å². The van der Waals surface area contributed by atoms with Crippen molar-refractivity contribution in [3.8, 4) is 0 Å². The van der Waals surface area contributed by atoms with E-state index in [1.807, 2.05) is 0 Å². The molecular formula is C10H9NO4. The Morgan fingerprint density at radius 3 is 2.73 bits per heavy atom. The van der Waals surface area contributed by atoms with E-state index in [4.69, 9.17) is 5.11 Å². The van der Waals surface area contributed by atoms with E-state index in [2.05, 4.69) is 0 Å². The molecule has 0 fully saturated rings. The predicted octanol–water partition coefficient (Wildman–Crippen LogP) is 2.08. The molecule has 0 amide bonds. The maximum Gasteiger partial charge on any atom is 0.328 e. The van der Waals surface area contributed by atoms with Crippen LogP contribution >= 0.6 is 0 Å². The molecule has 0 radical (unpaired) electrons. The van der Waals surface area contributed by atoms with Crippen LogP contribution in [0.1, 0.15) is 12.5 Å². The van der Waals surface area contributed by atoms with Gasteiger partial charge in [-0.3, -0.25) is 10.1 Å². The Balaban J connectivity index is 3.11. The highest BCUT2D eigenvalue weighted by Gasteiger charge is 2.06. The normalized spacial score (nSPS) is 11.1. The van der Waals surface area contributed by atoms with Gasteiger partial charge in [0.25, 0.3) is 5.69 Å². The molecule has 1 aromatic rings. The molecule has 0 saturated carbocycles. The van der Waals surface area contributed by atoms with E-state index in [0.29, 0.717) is 11.1 Å². The zero-order chi connectivity index (χ0) is 11.4. The maximum absolute atomic E-state index is 10.5. The second-order valence-corrected chi connectivity index (χ2v) is 2.97. The molecule has 0 unspecified atom stereocenters. The third-order valence-corrected chi connectivity index (χ3v) is 1.85. The lowest BCUT2D eigenvalue weighted by Crippen LogP contribution is -1.92. The van der Waals surface area contributed by atoms with Gasteiger partial charge in [-0.05, 0) is 18.1 Å². The second kappa shape index (κ2) is 4.36. The molecule has 0 aromatic heterocycles. The van der Waals surface area contributed by atoms with Gasteiger partial charge in [0.15, 0.2) is 0 Å². The number of rotatable bonds is 3. The van der Waals surface area contributed by atoms with Crippen molar-refractivity contribution in [1.29, 1.82) is 0 Å². The molecule has 0 aliphatic carbocycles. The number of nitrogens with zero attached hydrogens (tertiary/aromatic N) is 1. The fraction of sp³-hybridized carbons (Fsp3) is 0.100. The van der Waals surface area contributed by atoms with Gasteiger partial charge in [0, 0.05) is 18.2 Å². The summed E-state index contributed by atoms with van der Waals surface area (Å²) in [7, 11) is 0. The van der Waals surface area contributed by atoms with Gasteiger partial charge in [0.05, 0.1) is 4.92 Å². The van der Waals surface area contributed by atoms with Gasteiger partial charge in [-0.2, -0.15) is 0 Å². The monoisotopic (exact) mass is 207 g/mol. The molecule has 15 heavy (non-hydrogen) atoms. The van der Waals surface area contributed by atoms with Crippen molar-refractivity contribution in [2.75, 3.05) is 0 Å². The summed E-state index contributed by atoms with van der Waals surface area (Å²) < 4.78 is 0. The van der Waals surface area contributed by atoms with Crippen molar-refractivity contribution in [2.45, 2.75) is 6.92 Å². The van der Waals surface area contributed by atoms with Gasteiger partial charge in [-0.25, -0.2) is 4.79 Å². The fourth-order valence-corrected chi connectivity index (χ4v) is 1.13. The minimum Gasteiger partial charge on any atom is -0.478 e. The number of nitro benzene ring substituents is 1. The Hall–Kier alpha value is -2.17. The van der Waals surface area contributed by atoms with Crippen LogP contribution in [0.15, 0.2) is 30.3 Å². The topological polar surface area (TPSA) is 80.4 Å². The molecule has 0 atom stereocenters. The molecule has 0 saturated heterocycles. The first-order valence-electron chi connectivity index (χ1n) is 4.17. The zero-order valence-corrected chi connectivity index (χ0v) is 8.01. The molecular weight excluding hydrogens is 198 g/mol. The quantitative estimate of drug-likeness (QED) is 0.467. The average molecular weight is 207 g/mol. The summed E-state index contributed by atoms with van der Waals surface area (Å²) in [5, 5.41) is 19.0. The average Bonchev–Trinajstić information content (AvgIpc) is 2.17. The van der Waals surface area contributed by atoms with Crippen molar-refractivity contribution >= 4 is 17.2 Å². The predicted molar refractivity (Wildman–Crippen MR) is 54.4 cm³/mol. The Labute approximate surface area is 85.8 Å². The molecule has 1 N–H and O–H groups in total. The number of carboxylic acid groups (broad SMARTS) is 1. The third kappa shape index (κ3) is 2.91. The first-order chi connectivity index (χ1) is 7.00. The summed E-state index contributed by atoms with van der Waals surface area (Å²) in [5.41, 5.74) is 0.962. The van der Waals surface area contributed by atoms with Crippen LogP contribution in [0.3, 0.4) is 0 Å². The summed E-state index contributed by atoms with van der Waals surface area (Å²) in [6.45, 7) is 1.59. The number of aliphatic carboxylic acids is 1. The molecule has 5 nitrogen and oxygen atoms in total. The number of nitro groups is 1. The fourth-order valence-electron chi connectivity index (χ4n) is 1.13. The molecule has 5 heteroatoms. The number of non-ortho nitro benzene ring substituents is 1. The molecule has 0 heterocycles. The molecule has 78 valence electrons. The van der Waals surface area contributed by atoms with Crippen LogP contribution in [-0.2, 0) is 4.79 Å². The van der Waals surface area contributed by atoms with Gasteiger partial charge in [0.1, 0.15) is 0 Å². The SMILES string of the molecule is C/C(=C\C(=O)O)c1cccc([N+](=O)[O-])c1. The summed E-state index contributed by atoms with van der Waals surface area (Å²) in [6, 6.07) is 5.85. The number of hydrogen-bond acceptors (Lipinski definition) is 3. The van der Waals surface area contributed by atoms with Gasteiger partial charge >= 0.3 is 5.97 Å². The summed E-state index contributed by atoms with van der Waals surface area (Å²) in [5.74, 6) is -1.07. The lowest BCUT2D eigenvalue weighted by molar-refractivity contribution is -0.384. The lowest BCUT2D eigenvalue weighted by Gasteiger charge is -1.99. The largest absolute Gasteiger partial charge is 0.478 e. The number of allylic oxidation sites excluding steroid dienone is 1. The Bertz CT molecular complexity index is 437. The van der Waals surface area contributed by atoms with E-state index in [-0.39, 0.29) is 5.69 Å². The lowest BCUT2D eigenvalue weighted by atomic mass is 10.1. The number of benzene rings is 1. The number of carbonyl (C=O) groups is 1. The summed E-state index contributed by atoms with van der Waals surface area (Å²) >= 11 is 0. The molecule has 1 aromatic carbocycles. The van der Waals surface area contributed by atoms with E-state index in [0.717, 1.165) is 6.08 Å². The maximum atomic E-state index is 10.5. The Morgan fingerprint density at radius 2 is 2.20 bits per heavy atom. The van der Waals surface area contributed by atoms with Crippen LogP contribution in [0.2, 0.25) is 0 Å². The van der Waals surface area contributed by atoms with Crippen molar-refractivity contribution in [3.63, 3.8) is 0 Å². The third-order valence-electron chi connectivity index (χ3n) is 1.85. The van der Waals surface area contributed by atoms with Crippen LogP contribution in [0.5, 0.6) is 0 Å². The van der Waals surface area contributed by atoms with Crippen LogP contribution in [0, 0.1) is 10.1 Å². The minimum absolute atomic E-state index is 0.0503. The molecule has 0 spiro atoms. The molecule has 0 aliphatic rings. The van der Waals surface area contributed by atoms with Crippen LogP contribution in [-0.4, -0.2) is 16.0 Å². The van der Waals surface area contributed by atoms with Gasteiger partial charge < -0.3 is 5.11 Å². The van der Waals surface area contributed by atoms with Crippen molar-refractivity contribution in [1.82, 2.24) is 0 Å². The standard InChI is InChI=1S/C10H9NO4/c1-7(5-10(12)13)8-3-2-4-9(6-8)11(14)15/h2-6H,1H3,(H,12,13)/b7-5+. The Kier molecular flexibility index (Phi) is 3.17. The highest BCUT2D eigenvalue weighted by Crippen LogP contribution is 2.19. The highest BCUT2D eigenvalue weighted by atomic mass is 16.6. The zero-order valence-electron chi connectivity index (χ0n) is 8.01. The van der Waals surface area contributed by atoms with Gasteiger partial charge in [0.2, 0.25) is 0 Å². The van der Waals surface area contributed by atoms with E-state index >= 15 is 0 Å². The van der Waals surface area contributed by atoms with Crippen LogP contribution < -0.4 is 0 Å². The number of hydrogen-bond donors (Lipinski definition) is 1. The molecule has 0 bridgehead atoms.